The van der Waals surface area contributed by atoms with Gasteiger partial charge in [0, 0.05) is 114 Å². The summed E-state index contributed by atoms with van der Waals surface area (Å²) in [5.41, 5.74) is 25.0. The van der Waals surface area contributed by atoms with Gasteiger partial charge in [0.15, 0.2) is 52.4 Å². The van der Waals surface area contributed by atoms with Crippen molar-refractivity contribution in [3.8, 4) is 158 Å². The standard InChI is InChI=1S/C39H23N3OS.2C39H25N3O/c1-2-10-25(11-3-1)37-40-38(42-39(41-37)32-17-9-16-31-29-13-5-7-19-34(29)44-36(31)32)26-22-20-24(21-23-26)27-14-8-15-30-28-12-4-6-18-33(28)43-35(27)30;1-3-10-26(11-4-1)27-18-22-30(23-19-27)38-40-37(29-12-5-2-6-13-29)41-39(42-38)31-24-20-28(21-25-31)32-15-9-16-34-33-14-7-8-17-35(33)43-36(32)34;1-3-9-26(10-4-1)27-15-19-30(20-16-27)38-40-37(29-11-5-2-6-12-29)41-39(42-38)31-21-17-28(18-22-31)32-23-24-34-33-13-7-8-14-35(33)43-36(34)25-32/h1-23H;2*1-25H. The number of thiophene rings is 1. The first-order valence-corrected chi connectivity index (χ1v) is 43.9. The van der Waals surface area contributed by atoms with Crippen LogP contribution in [-0.2, 0) is 0 Å². The summed E-state index contributed by atoms with van der Waals surface area (Å²) in [6.07, 6.45) is 0. The van der Waals surface area contributed by atoms with Crippen LogP contribution in [0.15, 0.2) is 456 Å². The van der Waals surface area contributed by atoms with Crippen molar-refractivity contribution in [2.24, 2.45) is 0 Å². The maximum Gasteiger partial charge on any atom is 0.165 e. The summed E-state index contributed by atoms with van der Waals surface area (Å²) in [5.74, 6) is 5.79. The topological polar surface area (TPSA) is 155 Å². The van der Waals surface area contributed by atoms with Crippen molar-refractivity contribution in [3.05, 3.63) is 443 Å². The fraction of sp³-hybridized carbons (Fsp3) is 0. The molecular formula is C117H73N9O3S. The van der Waals surface area contributed by atoms with Crippen LogP contribution in [0, 0.1) is 0 Å². The molecule has 0 aliphatic carbocycles. The van der Waals surface area contributed by atoms with Crippen LogP contribution in [0.3, 0.4) is 0 Å². The Morgan fingerprint density at radius 3 is 0.777 bits per heavy atom. The first-order valence-electron chi connectivity index (χ1n) is 43.1. The number of hydrogen-bond acceptors (Lipinski definition) is 13. The summed E-state index contributed by atoms with van der Waals surface area (Å²) < 4.78 is 21.1. The molecule has 610 valence electrons. The van der Waals surface area contributed by atoms with E-state index < -0.39 is 0 Å². The zero-order valence-electron chi connectivity index (χ0n) is 69.8. The third kappa shape index (κ3) is 15.2. The third-order valence-corrected chi connectivity index (χ3v) is 24.9. The summed E-state index contributed by atoms with van der Waals surface area (Å²) in [7, 11) is 0. The van der Waals surface area contributed by atoms with Gasteiger partial charge >= 0.3 is 0 Å². The predicted octanol–water partition coefficient (Wildman–Crippen LogP) is 31.0. The van der Waals surface area contributed by atoms with Gasteiger partial charge in [-0.05, 0) is 87.0 Å². The highest BCUT2D eigenvalue weighted by atomic mass is 32.1. The lowest BCUT2D eigenvalue weighted by Crippen LogP contribution is -2.00. The molecule has 0 amide bonds. The lowest BCUT2D eigenvalue weighted by molar-refractivity contribution is 0.669. The normalized spacial score (nSPS) is 11.4. The molecule has 0 atom stereocenters. The van der Waals surface area contributed by atoms with E-state index in [0.717, 1.165) is 160 Å². The van der Waals surface area contributed by atoms with E-state index in [4.69, 9.17) is 58.1 Å². The van der Waals surface area contributed by atoms with Crippen LogP contribution >= 0.6 is 11.3 Å². The Balaban J connectivity index is 0.000000111. The Kier molecular flexibility index (Phi) is 20.2. The van der Waals surface area contributed by atoms with Gasteiger partial charge < -0.3 is 13.3 Å². The van der Waals surface area contributed by atoms with E-state index in [1.807, 2.05) is 158 Å². The molecule has 0 saturated carbocycles. The van der Waals surface area contributed by atoms with Gasteiger partial charge in [0.1, 0.15) is 33.5 Å². The predicted molar refractivity (Wildman–Crippen MR) is 530 cm³/mol. The SMILES string of the molecule is c1ccc(-c2ccc(-c3nc(-c4ccccc4)nc(-c4ccc(-c5ccc6c(c5)oc5ccccc56)cc4)n3)cc2)cc1.c1ccc(-c2ccc(-c3nc(-c4ccccc4)nc(-c4ccc(-c5cccc6c5oc5ccccc56)cc4)n3)cc2)cc1.c1ccc(-c2nc(-c3ccc(-c4cccc5c4oc4ccccc45)cc3)nc(-c3cccc4c3sc3ccccc34)n2)cc1. The number of aromatic nitrogens is 9. The molecule has 0 spiro atoms. The Labute approximate surface area is 751 Å². The summed E-state index contributed by atoms with van der Waals surface area (Å²) >= 11 is 1.78. The van der Waals surface area contributed by atoms with Gasteiger partial charge in [-0.3, -0.25) is 0 Å². The second-order valence-electron chi connectivity index (χ2n) is 31.8. The van der Waals surface area contributed by atoms with E-state index in [1.165, 1.54) is 31.3 Å². The van der Waals surface area contributed by atoms with E-state index >= 15 is 0 Å². The van der Waals surface area contributed by atoms with Gasteiger partial charge in [-0.1, -0.05) is 400 Å². The first-order chi connectivity index (χ1) is 64.4. The maximum absolute atomic E-state index is 6.31. The minimum atomic E-state index is 0.629. The zero-order chi connectivity index (χ0) is 86.2. The molecule has 25 rings (SSSR count). The molecule has 0 N–H and O–H groups in total. The Bertz CT molecular complexity index is 8490. The molecule has 7 aromatic heterocycles. The van der Waals surface area contributed by atoms with Crippen LogP contribution in [0.25, 0.3) is 244 Å². The molecular weight excluding hydrogens is 1610 g/mol. The molecule has 18 aromatic carbocycles. The van der Waals surface area contributed by atoms with Crippen molar-refractivity contribution in [3.63, 3.8) is 0 Å². The lowest BCUT2D eigenvalue weighted by Gasteiger charge is -2.10. The van der Waals surface area contributed by atoms with Gasteiger partial charge in [-0.25, -0.2) is 44.9 Å². The molecule has 0 aliphatic heterocycles. The lowest BCUT2D eigenvalue weighted by atomic mass is 10.0. The van der Waals surface area contributed by atoms with Crippen molar-refractivity contribution >= 4 is 97.3 Å². The molecule has 25 aromatic rings. The van der Waals surface area contributed by atoms with E-state index in [9.17, 15) is 0 Å². The molecule has 12 nitrogen and oxygen atoms in total. The highest BCUT2D eigenvalue weighted by molar-refractivity contribution is 7.26. The van der Waals surface area contributed by atoms with Gasteiger partial charge in [0.2, 0.25) is 0 Å². The fourth-order valence-electron chi connectivity index (χ4n) is 17.1. The molecule has 0 fully saturated rings. The van der Waals surface area contributed by atoms with Crippen LogP contribution in [0.2, 0.25) is 0 Å². The Morgan fingerprint density at radius 2 is 0.392 bits per heavy atom. The monoisotopic (exact) mass is 1680 g/mol. The van der Waals surface area contributed by atoms with E-state index in [-0.39, 0.29) is 0 Å². The van der Waals surface area contributed by atoms with Gasteiger partial charge in [-0.2, -0.15) is 0 Å². The second kappa shape index (κ2) is 33.9. The van der Waals surface area contributed by atoms with Crippen molar-refractivity contribution in [2.45, 2.75) is 0 Å². The smallest absolute Gasteiger partial charge is 0.165 e. The van der Waals surface area contributed by atoms with E-state index in [2.05, 4.69) is 285 Å². The Morgan fingerprint density at radius 1 is 0.146 bits per heavy atom. The first kappa shape index (κ1) is 77.4. The number of nitrogens with zero attached hydrogens (tertiary/aromatic N) is 9. The van der Waals surface area contributed by atoms with Gasteiger partial charge in [0.05, 0.1) is 0 Å². The third-order valence-electron chi connectivity index (χ3n) is 23.7. The minimum Gasteiger partial charge on any atom is -0.456 e. The second-order valence-corrected chi connectivity index (χ2v) is 32.8. The van der Waals surface area contributed by atoms with Crippen molar-refractivity contribution in [1.29, 1.82) is 0 Å². The maximum atomic E-state index is 6.31. The van der Waals surface area contributed by atoms with E-state index in [0.29, 0.717) is 52.4 Å². The number of furan rings is 3. The minimum absolute atomic E-state index is 0.629. The molecule has 0 unspecified atom stereocenters. The average Bonchev–Trinajstić information content (AvgIpc) is 1.58. The van der Waals surface area contributed by atoms with Gasteiger partial charge in [-0.15, -0.1) is 11.3 Å². The summed E-state index contributed by atoms with van der Waals surface area (Å²) in [6.45, 7) is 0. The average molecular weight is 1680 g/mol. The molecule has 0 radical (unpaired) electrons. The number of fused-ring (bicyclic) bond motifs is 12. The number of hydrogen-bond donors (Lipinski definition) is 0. The van der Waals surface area contributed by atoms with Crippen LogP contribution in [0.5, 0.6) is 0 Å². The summed E-state index contributed by atoms with van der Waals surface area (Å²) in [6, 6.07) is 151. The molecule has 0 saturated heterocycles. The number of para-hydroxylation sites is 5. The molecule has 130 heavy (non-hydrogen) atoms. The molecule has 0 bridgehead atoms. The molecule has 0 aliphatic rings. The van der Waals surface area contributed by atoms with Crippen LogP contribution in [-0.4, -0.2) is 44.9 Å². The summed E-state index contributed by atoms with van der Waals surface area (Å²) in [5, 5.41) is 9.21. The molecule has 7 heterocycles. The van der Waals surface area contributed by atoms with Crippen LogP contribution in [0.1, 0.15) is 0 Å². The van der Waals surface area contributed by atoms with Crippen molar-refractivity contribution in [2.75, 3.05) is 0 Å². The van der Waals surface area contributed by atoms with E-state index in [1.54, 1.807) is 11.3 Å². The van der Waals surface area contributed by atoms with Gasteiger partial charge in [0.25, 0.3) is 0 Å². The number of benzene rings is 18. The largest absolute Gasteiger partial charge is 0.456 e. The fourth-order valence-corrected chi connectivity index (χ4v) is 18.3. The van der Waals surface area contributed by atoms with Crippen molar-refractivity contribution < 1.29 is 13.3 Å². The highest BCUT2D eigenvalue weighted by Gasteiger charge is 2.22. The highest BCUT2D eigenvalue weighted by Crippen LogP contribution is 2.44. The van der Waals surface area contributed by atoms with Crippen molar-refractivity contribution in [1.82, 2.24) is 44.9 Å². The Hall–Kier alpha value is -17.4. The summed E-state index contributed by atoms with van der Waals surface area (Å²) in [4.78, 5) is 44.5. The quantitative estimate of drug-likeness (QED) is 0.102. The molecule has 13 heteroatoms. The van der Waals surface area contributed by atoms with Crippen LogP contribution in [0.4, 0.5) is 0 Å². The van der Waals surface area contributed by atoms with Crippen LogP contribution < -0.4 is 0 Å². The number of rotatable bonds is 14. The zero-order valence-corrected chi connectivity index (χ0v) is 70.6.